The molecule has 0 radical (unpaired) electrons. The van der Waals surface area contributed by atoms with Crippen molar-refractivity contribution in [3.63, 3.8) is 0 Å². The molecular formula is C25H35FO. The summed E-state index contributed by atoms with van der Waals surface area (Å²) < 4.78 is 19.9. The highest BCUT2D eigenvalue weighted by atomic mass is 19.1. The van der Waals surface area contributed by atoms with Gasteiger partial charge in [0, 0.05) is 5.56 Å². The molecule has 0 amide bonds. The van der Waals surface area contributed by atoms with Crippen molar-refractivity contribution in [1.29, 1.82) is 0 Å². The van der Waals surface area contributed by atoms with E-state index in [1.807, 2.05) is 19.9 Å². The summed E-state index contributed by atoms with van der Waals surface area (Å²) in [4.78, 5) is 0. The molecule has 0 heterocycles. The largest absolute Gasteiger partial charge is 0.497 e. The summed E-state index contributed by atoms with van der Waals surface area (Å²) in [6.07, 6.45) is 10.0. The maximum Gasteiger partial charge on any atom is 0.131 e. The monoisotopic (exact) mass is 370 g/mol. The van der Waals surface area contributed by atoms with Crippen LogP contribution in [0.15, 0.2) is 36.4 Å². The first kappa shape index (κ1) is 21.5. The number of halogens is 1. The van der Waals surface area contributed by atoms with E-state index in [1.54, 1.807) is 13.2 Å². The zero-order chi connectivity index (χ0) is 19.6. The smallest absolute Gasteiger partial charge is 0.131 e. The van der Waals surface area contributed by atoms with Crippen LogP contribution in [-0.4, -0.2) is 7.11 Å². The highest BCUT2D eigenvalue weighted by molar-refractivity contribution is 5.70. The van der Waals surface area contributed by atoms with E-state index in [-0.39, 0.29) is 5.82 Å². The van der Waals surface area contributed by atoms with Gasteiger partial charge in [0.1, 0.15) is 11.6 Å². The minimum absolute atomic E-state index is 0.169. The van der Waals surface area contributed by atoms with Crippen molar-refractivity contribution < 1.29 is 9.13 Å². The van der Waals surface area contributed by atoms with Crippen LogP contribution in [0.1, 0.15) is 82.8 Å². The van der Waals surface area contributed by atoms with Gasteiger partial charge in [-0.05, 0) is 60.1 Å². The van der Waals surface area contributed by atoms with Crippen molar-refractivity contribution in [3.8, 4) is 16.9 Å². The number of rotatable bonds is 4. The number of methoxy groups -OCH3 is 1. The third kappa shape index (κ3) is 5.57. The van der Waals surface area contributed by atoms with Gasteiger partial charge in [-0.3, -0.25) is 0 Å². The minimum Gasteiger partial charge on any atom is -0.497 e. The lowest BCUT2D eigenvalue weighted by atomic mass is 9.81. The van der Waals surface area contributed by atoms with Crippen LogP contribution < -0.4 is 4.74 Å². The van der Waals surface area contributed by atoms with Crippen molar-refractivity contribution >= 4 is 0 Å². The molecule has 0 N–H and O–H groups in total. The first-order chi connectivity index (χ1) is 13.2. The molecule has 1 aliphatic rings. The molecule has 0 aliphatic heterocycles. The molecule has 0 unspecified atom stereocenters. The second-order valence-corrected chi connectivity index (χ2v) is 7.16. The van der Waals surface area contributed by atoms with Gasteiger partial charge in [-0.1, -0.05) is 71.1 Å². The maximum absolute atomic E-state index is 14.6. The normalized spacial score (nSPS) is 15.3. The number of hydrogen-bond acceptors (Lipinski definition) is 1. The summed E-state index contributed by atoms with van der Waals surface area (Å²) in [6, 6.07) is 11.6. The molecule has 0 saturated heterocycles. The Balaban J connectivity index is 0.00000126. The van der Waals surface area contributed by atoms with Crippen LogP contribution >= 0.6 is 0 Å². The summed E-state index contributed by atoms with van der Waals surface area (Å²) in [5, 5.41) is 0. The summed E-state index contributed by atoms with van der Waals surface area (Å²) in [5.41, 5.74) is 4.37. The lowest BCUT2D eigenvalue weighted by molar-refractivity contribution is 0.414. The highest BCUT2D eigenvalue weighted by Crippen LogP contribution is 2.39. The zero-order valence-electron chi connectivity index (χ0n) is 17.5. The average molecular weight is 371 g/mol. The fraction of sp³-hybridized carbons (Fsp3) is 0.520. The van der Waals surface area contributed by atoms with E-state index in [2.05, 4.69) is 25.1 Å². The molecule has 1 nitrogen and oxygen atoms in total. The predicted molar refractivity (Wildman–Crippen MR) is 114 cm³/mol. The van der Waals surface area contributed by atoms with E-state index >= 15 is 0 Å². The van der Waals surface area contributed by atoms with Gasteiger partial charge in [0.15, 0.2) is 0 Å². The lowest BCUT2D eigenvalue weighted by Crippen LogP contribution is -2.05. The molecule has 3 rings (SSSR count). The summed E-state index contributed by atoms with van der Waals surface area (Å²) in [7, 11) is 1.63. The van der Waals surface area contributed by atoms with Crippen molar-refractivity contribution in [2.75, 3.05) is 7.11 Å². The third-order valence-electron chi connectivity index (χ3n) is 5.53. The first-order valence-corrected chi connectivity index (χ1v) is 10.7. The Bertz CT molecular complexity index is 699. The second-order valence-electron chi connectivity index (χ2n) is 7.16. The quantitative estimate of drug-likeness (QED) is 0.531. The van der Waals surface area contributed by atoms with Gasteiger partial charge in [-0.15, -0.1) is 0 Å². The van der Waals surface area contributed by atoms with Crippen molar-refractivity contribution in [2.45, 2.75) is 78.1 Å². The standard InChI is InChI=1S/C23H29FO.C2H6/c1-3-17-11-13-20(22-16-19(25-2)12-14-23(22)24)21(15-17)18-9-7-5-4-6-8-10-18;1-2/h11-16,18H,3-10H2,1-2H3;1-2H3. The predicted octanol–water partition coefficient (Wildman–Crippen LogP) is 7.92. The van der Waals surface area contributed by atoms with Gasteiger partial charge in [0.25, 0.3) is 0 Å². The topological polar surface area (TPSA) is 9.23 Å². The molecule has 148 valence electrons. The second kappa shape index (κ2) is 11.1. The minimum atomic E-state index is -0.169. The Labute approximate surface area is 165 Å². The Morgan fingerprint density at radius 2 is 1.56 bits per heavy atom. The molecule has 2 heteroatoms. The number of hydrogen-bond donors (Lipinski definition) is 0. The van der Waals surface area contributed by atoms with Gasteiger partial charge >= 0.3 is 0 Å². The van der Waals surface area contributed by atoms with Crippen LogP contribution in [0.2, 0.25) is 0 Å². The van der Waals surface area contributed by atoms with Crippen LogP contribution in [0.5, 0.6) is 5.75 Å². The third-order valence-corrected chi connectivity index (χ3v) is 5.53. The summed E-state index contributed by atoms with van der Waals surface area (Å²) >= 11 is 0. The number of ether oxygens (including phenoxy) is 1. The van der Waals surface area contributed by atoms with E-state index in [9.17, 15) is 4.39 Å². The summed E-state index contributed by atoms with van der Waals surface area (Å²) in [5.74, 6) is 1.07. The fourth-order valence-corrected chi connectivity index (χ4v) is 4.02. The van der Waals surface area contributed by atoms with Crippen LogP contribution in [0.3, 0.4) is 0 Å². The van der Waals surface area contributed by atoms with Gasteiger partial charge in [-0.25, -0.2) is 4.39 Å². The van der Waals surface area contributed by atoms with Crippen molar-refractivity contribution in [3.05, 3.63) is 53.3 Å². The first-order valence-electron chi connectivity index (χ1n) is 10.7. The lowest BCUT2D eigenvalue weighted by Gasteiger charge is -2.24. The van der Waals surface area contributed by atoms with Gasteiger partial charge in [0.05, 0.1) is 7.11 Å². The molecular weight excluding hydrogens is 335 g/mol. The Morgan fingerprint density at radius 1 is 0.889 bits per heavy atom. The summed E-state index contributed by atoms with van der Waals surface area (Å²) in [6.45, 7) is 6.18. The molecule has 0 atom stereocenters. The van der Waals surface area contributed by atoms with E-state index in [0.717, 1.165) is 12.0 Å². The molecule has 1 aliphatic carbocycles. The molecule has 0 spiro atoms. The van der Waals surface area contributed by atoms with Crippen LogP contribution in [0.4, 0.5) is 4.39 Å². The van der Waals surface area contributed by atoms with E-state index < -0.39 is 0 Å². The Morgan fingerprint density at radius 3 is 2.19 bits per heavy atom. The van der Waals surface area contributed by atoms with Gasteiger partial charge in [-0.2, -0.15) is 0 Å². The molecule has 1 fully saturated rings. The SMILES string of the molecule is CC.CCc1ccc(-c2cc(OC)ccc2F)c(C2CCCCCCC2)c1. The van der Waals surface area contributed by atoms with Crippen molar-refractivity contribution in [2.24, 2.45) is 0 Å². The molecule has 27 heavy (non-hydrogen) atoms. The Kier molecular flexibility index (Phi) is 8.84. The molecule has 0 aromatic heterocycles. The van der Waals surface area contributed by atoms with Gasteiger partial charge < -0.3 is 4.74 Å². The van der Waals surface area contributed by atoms with Crippen LogP contribution in [0.25, 0.3) is 11.1 Å². The molecule has 1 saturated carbocycles. The zero-order valence-corrected chi connectivity index (χ0v) is 17.5. The fourth-order valence-electron chi connectivity index (χ4n) is 4.02. The number of benzene rings is 2. The van der Waals surface area contributed by atoms with E-state index in [4.69, 9.17) is 4.74 Å². The number of aryl methyl sites for hydroxylation is 1. The van der Waals surface area contributed by atoms with Crippen molar-refractivity contribution in [1.82, 2.24) is 0 Å². The van der Waals surface area contributed by atoms with Gasteiger partial charge in [0.2, 0.25) is 0 Å². The molecule has 2 aromatic carbocycles. The van der Waals surface area contributed by atoms with E-state index in [1.165, 1.54) is 62.1 Å². The average Bonchev–Trinajstić information content (AvgIpc) is 2.69. The van der Waals surface area contributed by atoms with Crippen LogP contribution in [0, 0.1) is 5.82 Å². The van der Waals surface area contributed by atoms with E-state index in [0.29, 0.717) is 17.2 Å². The van der Waals surface area contributed by atoms with Crippen LogP contribution in [-0.2, 0) is 6.42 Å². The highest BCUT2D eigenvalue weighted by Gasteiger charge is 2.20. The maximum atomic E-state index is 14.6. The Hall–Kier alpha value is -1.83. The molecule has 2 aromatic rings. The molecule has 0 bridgehead atoms.